The number of amides is 2. The fraction of sp³-hybridized carbons (Fsp3) is 0.167. The lowest BCUT2D eigenvalue weighted by molar-refractivity contribution is -0.116. The Balaban J connectivity index is 1.57. The second kappa shape index (κ2) is 6.18. The highest BCUT2D eigenvalue weighted by Crippen LogP contribution is 2.34. The first-order valence-corrected chi connectivity index (χ1v) is 8.71. The van der Waals surface area contributed by atoms with Gasteiger partial charge in [-0.2, -0.15) is 0 Å². The summed E-state index contributed by atoms with van der Waals surface area (Å²) in [5.74, 6) is -0.0467. The topological polar surface area (TPSA) is 75.4 Å². The molecule has 7 heteroatoms. The summed E-state index contributed by atoms with van der Waals surface area (Å²) in [6.45, 7) is 2.29. The van der Waals surface area contributed by atoms with Crippen molar-refractivity contribution in [2.45, 2.75) is 13.3 Å². The molecule has 6 nitrogen and oxygen atoms in total. The number of fused-ring (bicyclic) bond motifs is 1. The molecule has 3 heterocycles. The average Bonchev–Trinajstić information content (AvgIpc) is 3.34. The van der Waals surface area contributed by atoms with Crippen molar-refractivity contribution in [3.63, 3.8) is 0 Å². The molecule has 25 heavy (non-hydrogen) atoms. The fourth-order valence-corrected chi connectivity index (χ4v) is 3.61. The van der Waals surface area contributed by atoms with E-state index in [-0.39, 0.29) is 17.6 Å². The predicted molar refractivity (Wildman–Crippen MR) is 95.9 cm³/mol. The van der Waals surface area contributed by atoms with Gasteiger partial charge in [-0.15, -0.1) is 11.3 Å². The number of hydrogen-bond acceptors (Lipinski definition) is 5. The summed E-state index contributed by atoms with van der Waals surface area (Å²) in [7, 11) is 0. The van der Waals surface area contributed by atoms with E-state index in [0.29, 0.717) is 5.13 Å². The van der Waals surface area contributed by atoms with Crippen LogP contribution in [0.15, 0.2) is 46.4 Å². The second-order valence-electron chi connectivity index (χ2n) is 5.73. The van der Waals surface area contributed by atoms with Crippen LogP contribution in [0.5, 0.6) is 0 Å². The standard InChI is InChI=1S/C18H15N3O3S/c1-11(22)21-7-6-12-4-5-13(9-15(12)21)14-10-25-18(19-14)20-17(23)16-3-2-8-24-16/h2-5,8-10H,6-7H2,1H3,(H,19,20,23). The van der Waals surface area contributed by atoms with Crippen LogP contribution in [0, 0.1) is 0 Å². The Morgan fingerprint density at radius 2 is 2.20 bits per heavy atom. The number of carbonyl (C=O) groups excluding carboxylic acids is 2. The zero-order valence-corrected chi connectivity index (χ0v) is 14.3. The Labute approximate surface area is 148 Å². The van der Waals surface area contributed by atoms with Crippen molar-refractivity contribution < 1.29 is 14.0 Å². The number of benzene rings is 1. The molecular weight excluding hydrogens is 338 g/mol. The Morgan fingerprint density at radius 1 is 1.32 bits per heavy atom. The first-order chi connectivity index (χ1) is 12.1. The number of hydrogen-bond donors (Lipinski definition) is 1. The van der Waals surface area contributed by atoms with Crippen molar-refractivity contribution in [1.82, 2.24) is 4.98 Å². The van der Waals surface area contributed by atoms with E-state index in [1.807, 2.05) is 23.6 Å². The van der Waals surface area contributed by atoms with E-state index < -0.39 is 0 Å². The molecule has 0 fully saturated rings. The summed E-state index contributed by atoms with van der Waals surface area (Å²) in [5.41, 5.74) is 3.79. The van der Waals surface area contributed by atoms with Gasteiger partial charge in [-0.1, -0.05) is 12.1 Å². The zero-order chi connectivity index (χ0) is 17.4. The predicted octanol–water partition coefficient (Wildman–Crippen LogP) is 3.56. The van der Waals surface area contributed by atoms with Gasteiger partial charge in [0.1, 0.15) is 0 Å². The highest BCUT2D eigenvalue weighted by atomic mass is 32.1. The minimum Gasteiger partial charge on any atom is -0.459 e. The molecule has 0 spiro atoms. The zero-order valence-electron chi connectivity index (χ0n) is 13.5. The molecule has 126 valence electrons. The summed E-state index contributed by atoms with van der Waals surface area (Å²) < 4.78 is 5.07. The minimum atomic E-state index is -0.331. The van der Waals surface area contributed by atoms with Gasteiger partial charge in [0.25, 0.3) is 5.91 Å². The average molecular weight is 353 g/mol. The van der Waals surface area contributed by atoms with Crippen LogP contribution in [0.4, 0.5) is 10.8 Å². The molecule has 1 aromatic carbocycles. The van der Waals surface area contributed by atoms with Crippen molar-refractivity contribution in [2.75, 3.05) is 16.8 Å². The molecule has 0 saturated heterocycles. The fourth-order valence-electron chi connectivity index (χ4n) is 2.90. The van der Waals surface area contributed by atoms with Gasteiger partial charge in [0.2, 0.25) is 5.91 Å². The molecule has 0 unspecified atom stereocenters. The molecule has 2 amide bonds. The van der Waals surface area contributed by atoms with Gasteiger partial charge >= 0.3 is 0 Å². The van der Waals surface area contributed by atoms with Gasteiger partial charge in [-0.25, -0.2) is 4.98 Å². The van der Waals surface area contributed by atoms with Crippen LogP contribution in [0.3, 0.4) is 0 Å². The number of anilines is 2. The molecule has 2 aromatic heterocycles. The molecular formula is C18H15N3O3S. The van der Waals surface area contributed by atoms with E-state index in [2.05, 4.69) is 10.3 Å². The van der Waals surface area contributed by atoms with Crippen LogP contribution in [0.2, 0.25) is 0 Å². The van der Waals surface area contributed by atoms with Crippen molar-refractivity contribution >= 4 is 34.0 Å². The quantitative estimate of drug-likeness (QED) is 0.781. The van der Waals surface area contributed by atoms with Crippen LogP contribution in [-0.4, -0.2) is 23.3 Å². The first-order valence-electron chi connectivity index (χ1n) is 7.83. The third-order valence-electron chi connectivity index (χ3n) is 4.13. The summed E-state index contributed by atoms with van der Waals surface area (Å²) in [6.07, 6.45) is 2.32. The maximum atomic E-state index is 12.0. The lowest BCUT2D eigenvalue weighted by atomic mass is 10.1. The van der Waals surface area contributed by atoms with Gasteiger partial charge in [-0.05, 0) is 30.2 Å². The Kier molecular flexibility index (Phi) is 3.85. The molecule has 1 aliphatic heterocycles. The maximum Gasteiger partial charge on any atom is 0.293 e. The van der Waals surface area contributed by atoms with Crippen LogP contribution in [0.1, 0.15) is 23.0 Å². The highest BCUT2D eigenvalue weighted by Gasteiger charge is 2.23. The van der Waals surface area contributed by atoms with E-state index in [9.17, 15) is 9.59 Å². The van der Waals surface area contributed by atoms with E-state index >= 15 is 0 Å². The monoisotopic (exact) mass is 353 g/mol. The summed E-state index contributed by atoms with van der Waals surface area (Å²) in [5, 5.41) is 5.11. The largest absolute Gasteiger partial charge is 0.459 e. The normalized spacial score (nSPS) is 12.9. The highest BCUT2D eigenvalue weighted by molar-refractivity contribution is 7.14. The molecule has 0 radical (unpaired) electrons. The third kappa shape index (κ3) is 2.94. The van der Waals surface area contributed by atoms with Gasteiger partial charge in [0.05, 0.1) is 12.0 Å². The molecule has 0 atom stereocenters. The van der Waals surface area contributed by atoms with Crippen LogP contribution >= 0.6 is 11.3 Å². The third-order valence-corrected chi connectivity index (χ3v) is 4.88. The van der Waals surface area contributed by atoms with Gasteiger partial charge in [0, 0.05) is 30.1 Å². The van der Waals surface area contributed by atoms with E-state index in [1.54, 1.807) is 24.0 Å². The van der Waals surface area contributed by atoms with Crippen molar-refractivity contribution in [1.29, 1.82) is 0 Å². The SMILES string of the molecule is CC(=O)N1CCc2ccc(-c3csc(NC(=O)c4ccco4)n3)cc21. The Hall–Kier alpha value is -2.93. The van der Waals surface area contributed by atoms with E-state index in [1.165, 1.54) is 23.2 Å². The van der Waals surface area contributed by atoms with Gasteiger partial charge in [0.15, 0.2) is 10.9 Å². The number of nitrogens with zero attached hydrogens (tertiary/aromatic N) is 2. The van der Waals surface area contributed by atoms with Crippen LogP contribution < -0.4 is 10.2 Å². The van der Waals surface area contributed by atoms with Crippen LogP contribution in [-0.2, 0) is 11.2 Å². The molecule has 0 bridgehead atoms. The Bertz CT molecular complexity index is 946. The lowest BCUT2D eigenvalue weighted by Gasteiger charge is -2.15. The smallest absolute Gasteiger partial charge is 0.293 e. The van der Waals surface area contributed by atoms with Gasteiger partial charge in [-0.3, -0.25) is 14.9 Å². The molecule has 1 aliphatic rings. The summed E-state index contributed by atoms with van der Waals surface area (Å²) in [6, 6.07) is 9.27. The second-order valence-corrected chi connectivity index (χ2v) is 6.59. The molecule has 0 saturated carbocycles. The summed E-state index contributed by atoms with van der Waals surface area (Å²) in [4.78, 5) is 30.0. The first kappa shape index (κ1) is 15.6. The number of furan rings is 1. The number of thiazole rings is 1. The Morgan fingerprint density at radius 3 is 2.96 bits per heavy atom. The summed E-state index contributed by atoms with van der Waals surface area (Å²) >= 11 is 1.35. The molecule has 4 rings (SSSR count). The molecule has 3 aromatic rings. The number of aromatic nitrogens is 1. The number of nitrogens with one attached hydrogen (secondary N) is 1. The lowest BCUT2D eigenvalue weighted by Crippen LogP contribution is -2.25. The van der Waals surface area contributed by atoms with Crippen molar-refractivity contribution in [2.24, 2.45) is 0 Å². The number of rotatable bonds is 3. The van der Waals surface area contributed by atoms with Gasteiger partial charge < -0.3 is 9.32 Å². The molecule has 1 N–H and O–H groups in total. The van der Waals surface area contributed by atoms with Crippen molar-refractivity contribution in [3.05, 3.63) is 53.3 Å². The maximum absolute atomic E-state index is 12.0. The van der Waals surface area contributed by atoms with Crippen molar-refractivity contribution in [3.8, 4) is 11.3 Å². The van der Waals surface area contributed by atoms with E-state index in [4.69, 9.17) is 4.42 Å². The van der Waals surface area contributed by atoms with Crippen LogP contribution in [0.25, 0.3) is 11.3 Å². The number of carbonyl (C=O) groups is 2. The molecule has 0 aliphatic carbocycles. The minimum absolute atomic E-state index is 0.0422. The van der Waals surface area contributed by atoms with E-state index in [0.717, 1.165) is 29.9 Å².